The molecule has 0 spiro atoms. The summed E-state index contributed by atoms with van der Waals surface area (Å²) in [6, 6.07) is 11.9. The number of anilines is 1. The predicted molar refractivity (Wildman–Crippen MR) is 72.7 cm³/mol. The number of fused-ring (bicyclic) bond motifs is 1. The zero-order valence-corrected chi connectivity index (χ0v) is 11.0. The minimum Gasteiger partial charge on any atom is -0.338 e. The average Bonchev–Trinajstić information content (AvgIpc) is 2.68. The molecule has 0 atom stereocenters. The Labute approximate surface area is 111 Å². The van der Waals surface area contributed by atoms with Gasteiger partial charge in [-0.05, 0) is 30.7 Å². The highest BCUT2D eigenvalue weighted by molar-refractivity contribution is 8.03. The standard InChI is InChI=1S/C14H11N3S/c1-10(11(8-15)9-16)7-14-17(2)12-5-3-4-6-13(12)18-14/h3-7H,1-2H3. The van der Waals surface area contributed by atoms with Gasteiger partial charge in [-0.3, -0.25) is 0 Å². The third-order valence-electron chi connectivity index (χ3n) is 2.73. The van der Waals surface area contributed by atoms with Crippen molar-refractivity contribution in [2.75, 3.05) is 11.9 Å². The van der Waals surface area contributed by atoms with Crippen molar-refractivity contribution in [2.45, 2.75) is 11.8 Å². The van der Waals surface area contributed by atoms with Crippen molar-refractivity contribution in [1.29, 1.82) is 10.5 Å². The van der Waals surface area contributed by atoms with E-state index in [1.807, 2.05) is 37.4 Å². The fraction of sp³-hybridized carbons (Fsp3) is 0.143. The molecule has 1 aliphatic heterocycles. The van der Waals surface area contributed by atoms with Crippen LogP contribution >= 0.6 is 11.8 Å². The normalized spacial score (nSPS) is 14.9. The third-order valence-corrected chi connectivity index (χ3v) is 3.90. The molecule has 1 aliphatic rings. The number of hydrogen-bond acceptors (Lipinski definition) is 4. The van der Waals surface area contributed by atoms with Gasteiger partial charge in [0.2, 0.25) is 0 Å². The smallest absolute Gasteiger partial charge is 0.132 e. The van der Waals surface area contributed by atoms with Gasteiger partial charge in [0.05, 0.1) is 10.7 Å². The molecule has 0 aliphatic carbocycles. The van der Waals surface area contributed by atoms with E-state index in [4.69, 9.17) is 10.5 Å². The summed E-state index contributed by atoms with van der Waals surface area (Å²) in [5.74, 6) is 0. The Morgan fingerprint density at radius 1 is 1.28 bits per heavy atom. The fourth-order valence-electron chi connectivity index (χ4n) is 1.71. The summed E-state index contributed by atoms with van der Waals surface area (Å²) < 4.78 is 0. The molecule has 88 valence electrons. The molecule has 0 saturated carbocycles. The molecule has 0 bridgehead atoms. The summed E-state index contributed by atoms with van der Waals surface area (Å²) in [7, 11) is 1.98. The highest BCUT2D eigenvalue weighted by Gasteiger charge is 2.21. The van der Waals surface area contributed by atoms with Crippen molar-refractivity contribution >= 4 is 17.4 Å². The average molecular weight is 253 g/mol. The van der Waals surface area contributed by atoms with Crippen LogP contribution in [0.15, 0.2) is 51.4 Å². The van der Waals surface area contributed by atoms with Gasteiger partial charge in [0.1, 0.15) is 17.7 Å². The summed E-state index contributed by atoms with van der Waals surface area (Å²) >= 11 is 1.65. The van der Waals surface area contributed by atoms with E-state index in [-0.39, 0.29) is 5.57 Å². The number of nitriles is 2. The van der Waals surface area contributed by atoms with Crippen LogP contribution in [0.5, 0.6) is 0 Å². The van der Waals surface area contributed by atoms with Gasteiger partial charge in [0.25, 0.3) is 0 Å². The molecule has 0 N–H and O–H groups in total. The van der Waals surface area contributed by atoms with Gasteiger partial charge in [-0.1, -0.05) is 23.9 Å². The first kappa shape index (κ1) is 12.3. The molecule has 0 fully saturated rings. The number of hydrogen-bond donors (Lipinski definition) is 0. The maximum atomic E-state index is 8.83. The van der Waals surface area contributed by atoms with Gasteiger partial charge >= 0.3 is 0 Å². The fourth-order valence-corrected chi connectivity index (χ4v) is 2.86. The predicted octanol–water partition coefficient (Wildman–Crippen LogP) is 3.43. The number of nitrogens with zero attached hydrogens (tertiary/aromatic N) is 3. The summed E-state index contributed by atoms with van der Waals surface area (Å²) in [6.45, 7) is 1.78. The van der Waals surface area contributed by atoms with Gasteiger partial charge in [-0.2, -0.15) is 10.5 Å². The Morgan fingerprint density at radius 2 is 1.94 bits per heavy atom. The second kappa shape index (κ2) is 5.00. The van der Waals surface area contributed by atoms with Crippen molar-refractivity contribution in [3.63, 3.8) is 0 Å². The summed E-state index contributed by atoms with van der Waals surface area (Å²) in [6.07, 6.45) is 1.88. The SMILES string of the molecule is CC(C=C1Sc2ccccc2N1C)=C(C#N)C#N. The van der Waals surface area contributed by atoms with Crippen molar-refractivity contribution in [2.24, 2.45) is 0 Å². The number of thioether (sulfide) groups is 1. The Kier molecular flexibility index (Phi) is 3.41. The van der Waals surface area contributed by atoms with Crippen molar-refractivity contribution < 1.29 is 0 Å². The minimum absolute atomic E-state index is 0.160. The maximum absolute atomic E-state index is 8.83. The Bertz CT molecular complexity index is 613. The Balaban J connectivity index is 2.39. The lowest BCUT2D eigenvalue weighted by molar-refractivity contribution is 1.17. The molecule has 3 nitrogen and oxygen atoms in total. The maximum Gasteiger partial charge on any atom is 0.132 e. The molecule has 0 aromatic heterocycles. The van der Waals surface area contributed by atoms with Crippen LogP contribution < -0.4 is 4.90 Å². The monoisotopic (exact) mass is 253 g/mol. The largest absolute Gasteiger partial charge is 0.338 e. The van der Waals surface area contributed by atoms with E-state index in [2.05, 4.69) is 17.0 Å². The second-order valence-corrected chi connectivity index (χ2v) is 4.96. The van der Waals surface area contributed by atoms with Crippen LogP contribution in [-0.2, 0) is 0 Å². The number of allylic oxidation sites excluding steroid dienone is 3. The molecule has 0 radical (unpaired) electrons. The zero-order chi connectivity index (χ0) is 13.1. The van der Waals surface area contributed by atoms with Crippen molar-refractivity contribution in [3.8, 4) is 12.1 Å². The van der Waals surface area contributed by atoms with Crippen LogP contribution in [0.4, 0.5) is 5.69 Å². The van der Waals surface area contributed by atoms with Gasteiger partial charge in [-0.25, -0.2) is 0 Å². The lowest BCUT2D eigenvalue weighted by atomic mass is 10.1. The highest BCUT2D eigenvalue weighted by atomic mass is 32.2. The van der Waals surface area contributed by atoms with E-state index < -0.39 is 0 Å². The van der Waals surface area contributed by atoms with E-state index in [9.17, 15) is 0 Å². The van der Waals surface area contributed by atoms with E-state index in [0.29, 0.717) is 5.57 Å². The van der Waals surface area contributed by atoms with Crippen LogP contribution in [0.1, 0.15) is 6.92 Å². The van der Waals surface area contributed by atoms with Gasteiger partial charge in [0, 0.05) is 11.9 Å². The van der Waals surface area contributed by atoms with E-state index in [0.717, 1.165) is 10.7 Å². The summed E-state index contributed by atoms with van der Waals surface area (Å²) in [5, 5.41) is 18.7. The molecule has 4 heteroatoms. The molecule has 18 heavy (non-hydrogen) atoms. The lowest BCUT2D eigenvalue weighted by Crippen LogP contribution is -2.09. The first-order valence-electron chi connectivity index (χ1n) is 5.40. The minimum atomic E-state index is 0.160. The summed E-state index contributed by atoms with van der Waals surface area (Å²) in [5.41, 5.74) is 2.01. The van der Waals surface area contributed by atoms with Crippen LogP contribution in [0.2, 0.25) is 0 Å². The van der Waals surface area contributed by atoms with Gasteiger partial charge in [0.15, 0.2) is 0 Å². The van der Waals surface area contributed by atoms with Gasteiger partial charge in [-0.15, -0.1) is 0 Å². The van der Waals surface area contributed by atoms with Crippen LogP contribution in [-0.4, -0.2) is 7.05 Å². The van der Waals surface area contributed by atoms with E-state index >= 15 is 0 Å². The first-order chi connectivity index (χ1) is 8.67. The topological polar surface area (TPSA) is 50.8 Å². The lowest BCUT2D eigenvalue weighted by Gasteiger charge is -2.13. The zero-order valence-electron chi connectivity index (χ0n) is 10.1. The number of para-hydroxylation sites is 1. The summed E-state index contributed by atoms with van der Waals surface area (Å²) in [4.78, 5) is 3.25. The molecule has 0 saturated heterocycles. The molecule has 1 aromatic rings. The molecule has 0 amide bonds. The molecular formula is C14H11N3S. The Morgan fingerprint density at radius 3 is 2.56 bits per heavy atom. The van der Waals surface area contributed by atoms with Gasteiger partial charge < -0.3 is 4.90 Å². The molecular weight excluding hydrogens is 242 g/mol. The molecule has 0 unspecified atom stereocenters. The number of rotatable bonds is 1. The second-order valence-electron chi connectivity index (χ2n) is 3.89. The molecule has 1 aromatic carbocycles. The van der Waals surface area contributed by atoms with Crippen LogP contribution in [0, 0.1) is 22.7 Å². The Hall–Kier alpha value is -2.17. The van der Waals surface area contributed by atoms with Crippen molar-refractivity contribution in [1.82, 2.24) is 0 Å². The first-order valence-corrected chi connectivity index (χ1v) is 6.22. The third kappa shape index (κ3) is 2.11. The number of benzene rings is 1. The van der Waals surface area contributed by atoms with Crippen molar-refractivity contribution in [3.05, 3.63) is 46.5 Å². The van der Waals surface area contributed by atoms with E-state index in [1.54, 1.807) is 18.7 Å². The molecule has 2 rings (SSSR count). The van der Waals surface area contributed by atoms with Crippen LogP contribution in [0.3, 0.4) is 0 Å². The van der Waals surface area contributed by atoms with E-state index in [1.165, 1.54) is 4.90 Å². The quantitative estimate of drug-likeness (QED) is 0.719. The highest BCUT2D eigenvalue weighted by Crippen LogP contribution is 2.45. The molecule has 1 heterocycles. The van der Waals surface area contributed by atoms with Crippen LogP contribution in [0.25, 0.3) is 0 Å².